The molecule has 1 heterocycles. The molecule has 0 aromatic rings. The van der Waals surface area contributed by atoms with Gasteiger partial charge in [-0.3, -0.25) is 0 Å². The van der Waals surface area contributed by atoms with Crippen molar-refractivity contribution in [1.82, 2.24) is 10.6 Å². The Balaban J connectivity index is 1.57. The molecule has 0 amide bonds. The maximum absolute atomic E-state index is 3.78. The first-order chi connectivity index (χ1) is 7.84. The summed E-state index contributed by atoms with van der Waals surface area (Å²) in [4.78, 5) is 0. The van der Waals surface area contributed by atoms with Gasteiger partial charge < -0.3 is 10.6 Å². The lowest BCUT2D eigenvalue weighted by atomic mass is 10.0. The second kappa shape index (κ2) is 6.61. The third kappa shape index (κ3) is 4.06. The fourth-order valence-electron chi connectivity index (χ4n) is 3.14. The van der Waals surface area contributed by atoms with E-state index in [1.807, 2.05) is 0 Å². The highest BCUT2D eigenvalue weighted by atomic mass is 14.9. The summed E-state index contributed by atoms with van der Waals surface area (Å²) >= 11 is 0. The van der Waals surface area contributed by atoms with Crippen molar-refractivity contribution in [2.24, 2.45) is 11.8 Å². The Morgan fingerprint density at radius 1 is 1.12 bits per heavy atom. The summed E-state index contributed by atoms with van der Waals surface area (Å²) in [6.07, 6.45) is 9.90. The standard InChI is InChI=1S/C14H28N2/c1-12-3-2-4-14(6-5-12)16-10-8-13-7-9-15-11-13/h12-16H,2-11H2,1H3. The first kappa shape index (κ1) is 12.4. The van der Waals surface area contributed by atoms with Crippen LogP contribution in [0.2, 0.25) is 0 Å². The lowest BCUT2D eigenvalue weighted by Gasteiger charge is -2.17. The number of hydrogen-bond donors (Lipinski definition) is 2. The van der Waals surface area contributed by atoms with Crippen LogP contribution in [0.15, 0.2) is 0 Å². The van der Waals surface area contributed by atoms with Crippen molar-refractivity contribution in [3.63, 3.8) is 0 Å². The molecule has 3 unspecified atom stereocenters. The van der Waals surface area contributed by atoms with Gasteiger partial charge in [0.2, 0.25) is 0 Å². The molecule has 2 aliphatic rings. The van der Waals surface area contributed by atoms with Crippen LogP contribution in [0.4, 0.5) is 0 Å². The second-order valence-electron chi connectivity index (χ2n) is 5.91. The average molecular weight is 224 g/mol. The van der Waals surface area contributed by atoms with E-state index in [9.17, 15) is 0 Å². The van der Waals surface area contributed by atoms with Crippen LogP contribution in [0.3, 0.4) is 0 Å². The minimum absolute atomic E-state index is 0.819. The van der Waals surface area contributed by atoms with Crippen LogP contribution in [0.1, 0.15) is 51.9 Å². The van der Waals surface area contributed by atoms with E-state index in [0.29, 0.717) is 0 Å². The summed E-state index contributed by atoms with van der Waals surface area (Å²) in [5.74, 6) is 1.91. The molecule has 2 heteroatoms. The van der Waals surface area contributed by atoms with E-state index >= 15 is 0 Å². The van der Waals surface area contributed by atoms with Crippen LogP contribution in [0.25, 0.3) is 0 Å². The highest BCUT2D eigenvalue weighted by Gasteiger charge is 2.17. The first-order valence-electron chi connectivity index (χ1n) is 7.28. The van der Waals surface area contributed by atoms with Gasteiger partial charge in [-0.2, -0.15) is 0 Å². The third-order valence-electron chi connectivity index (χ3n) is 4.41. The zero-order valence-corrected chi connectivity index (χ0v) is 10.8. The van der Waals surface area contributed by atoms with Gasteiger partial charge in [0, 0.05) is 6.04 Å². The molecule has 3 atom stereocenters. The molecule has 94 valence electrons. The quantitative estimate of drug-likeness (QED) is 0.717. The van der Waals surface area contributed by atoms with Crippen molar-refractivity contribution in [1.29, 1.82) is 0 Å². The van der Waals surface area contributed by atoms with Gasteiger partial charge in [0.05, 0.1) is 0 Å². The highest BCUT2D eigenvalue weighted by molar-refractivity contribution is 4.76. The Kier molecular flexibility index (Phi) is 5.11. The van der Waals surface area contributed by atoms with Crippen molar-refractivity contribution in [3.8, 4) is 0 Å². The molecule has 16 heavy (non-hydrogen) atoms. The van der Waals surface area contributed by atoms with E-state index in [2.05, 4.69) is 17.6 Å². The SMILES string of the molecule is CC1CCCC(NCCC2CCNC2)CC1. The normalized spacial score (nSPS) is 36.2. The van der Waals surface area contributed by atoms with Gasteiger partial charge >= 0.3 is 0 Å². The third-order valence-corrected chi connectivity index (χ3v) is 4.41. The first-order valence-corrected chi connectivity index (χ1v) is 7.28. The Hall–Kier alpha value is -0.0800. The highest BCUT2D eigenvalue weighted by Crippen LogP contribution is 2.22. The lowest BCUT2D eigenvalue weighted by Crippen LogP contribution is -2.30. The summed E-state index contributed by atoms with van der Waals surface area (Å²) < 4.78 is 0. The zero-order chi connectivity index (χ0) is 11.2. The van der Waals surface area contributed by atoms with Crippen LogP contribution in [-0.2, 0) is 0 Å². The van der Waals surface area contributed by atoms with Crippen molar-refractivity contribution in [2.75, 3.05) is 19.6 Å². The Morgan fingerprint density at radius 3 is 2.88 bits per heavy atom. The van der Waals surface area contributed by atoms with E-state index < -0.39 is 0 Å². The van der Waals surface area contributed by atoms with E-state index in [1.54, 1.807) is 0 Å². The smallest absolute Gasteiger partial charge is 0.00671 e. The van der Waals surface area contributed by atoms with Crippen molar-refractivity contribution in [2.45, 2.75) is 57.9 Å². The molecule has 2 rings (SSSR count). The van der Waals surface area contributed by atoms with Gasteiger partial charge in [0.1, 0.15) is 0 Å². The summed E-state index contributed by atoms with van der Waals surface area (Å²) in [5, 5.41) is 7.23. The molecular weight excluding hydrogens is 196 g/mol. The zero-order valence-electron chi connectivity index (χ0n) is 10.8. The molecule has 0 bridgehead atoms. The summed E-state index contributed by atoms with van der Waals surface area (Å²) in [6, 6.07) is 0.819. The lowest BCUT2D eigenvalue weighted by molar-refractivity contribution is 0.417. The van der Waals surface area contributed by atoms with Crippen molar-refractivity contribution >= 4 is 0 Å². The van der Waals surface area contributed by atoms with Gasteiger partial charge in [0.25, 0.3) is 0 Å². The van der Waals surface area contributed by atoms with E-state index in [-0.39, 0.29) is 0 Å². The molecule has 0 spiro atoms. The largest absolute Gasteiger partial charge is 0.316 e. The molecule has 2 N–H and O–H groups in total. The van der Waals surface area contributed by atoms with Crippen molar-refractivity contribution in [3.05, 3.63) is 0 Å². The van der Waals surface area contributed by atoms with Gasteiger partial charge in [-0.15, -0.1) is 0 Å². The van der Waals surface area contributed by atoms with E-state index in [1.165, 1.54) is 64.6 Å². The molecular formula is C14H28N2. The maximum atomic E-state index is 3.78. The van der Waals surface area contributed by atoms with Crippen LogP contribution in [-0.4, -0.2) is 25.7 Å². The van der Waals surface area contributed by atoms with Gasteiger partial charge in [-0.25, -0.2) is 0 Å². The number of nitrogens with one attached hydrogen (secondary N) is 2. The molecule has 1 saturated heterocycles. The van der Waals surface area contributed by atoms with Crippen LogP contribution in [0.5, 0.6) is 0 Å². The summed E-state index contributed by atoms with van der Waals surface area (Å²) in [7, 11) is 0. The van der Waals surface area contributed by atoms with E-state index in [0.717, 1.165) is 17.9 Å². The van der Waals surface area contributed by atoms with Gasteiger partial charge in [-0.1, -0.05) is 19.8 Å². The molecule has 0 aromatic carbocycles. The molecule has 1 saturated carbocycles. The van der Waals surface area contributed by atoms with Gasteiger partial charge in [0.15, 0.2) is 0 Å². The molecule has 1 aliphatic heterocycles. The molecule has 2 fully saturated rings. The van der Waals surface area contributed by atoms with Crippen molar-refractivity contribution < 1.29 is 0 Å². The topological polar surface area (TPSA) is 24.1 Å². The van der Waals surface area contributed by atoms with Gasteiger partial charge in [-0.05, 0) is 63.6 Å². The number of rotatable bonds is 4. The Labute approximate surface area is 101 Å². The predicted octanol–water partition coefficient (Wildman–Crippen LogP) is 2.54. The molecule has 2 nitrogen and oxygen atoms in total. The van der Waals surface area contributed by atoms with E-state index in [4.69, 9.17) is 0 Å². The molecule has 0 radical (unpaired) electrons. The van der Waals surface area contributed by atoms with Crippen LogP contribution in [0, 0.1) is 11.8 Å². The molecule has 0 aromatic heterocycles. The summed E-state index contributed by atoms with van der Waals surface area (Å²) in [6.45, 7) is 6.15. The minimum atomic E-state index is 0.819. The monoisotopic (exact) mass is 224 g/mol. The fraction of sp³-hybridized carbons (Fsp3) is 1.00. The fourth-order valence-corrected chi connectivity index (χ4v) is 3.14. The second-order valence-corrected chi connectivity index (χ2v) is 5.91. The van der Waals surface area contributed by atoms with Crippen LogP contribution < -0.4 is 10.6 Å². The minimum Gasteiger partial charge on any atom is -0.316 e. The Bertz CT molecular complexity index is 187. The number of hydrogen-bond acceptors (Lipinski definition) is 2. The summed E-state index contributed by atoms with van der Waals surface area (Å²) in [5.41, 5.74) is 0. The van der Waals surface area contributed by atoms with Crippen LogP contribution >= 0.6 is 0 Å². The predicted molar refractivity (Wildman–Crippen MR) is 69.6 cm³/mol. The Morgan fingerprint density at radius 2 is 2.06 bits per heavy atom. The molecule has 1 aliphatic carbocycles. The average Bonchev–Trinajstić information content (AvgIpc) is 2.70. The maximum Gasteiger partial charge on any atom is 0.00671 e.